The number of pyridine rings is 1. The van der Waals surface area contributed by atoms with Crippen molar-refractivity contribution >= 4 is 22.6 Å². The first-order chi connectivity index (χ1) is 17.0. The van der Waals surface area contributed by atoms with E-state index in [4.69, 9.17) is 9.47 Å². The van der Waals surface area contributed by atoms with Crippen LogP contribution >= 0.6 is 0 Å². The smallest absolute Gasteiger partial charge is 0.328 e. The molecule has 0 radical (unpaired) electrons. The van der Waals surface area contributed by atoms with E-state index in [0.717, 1.165) is 23.5 Å². The molecule has 0 saturated carbocycles. The van der Waals surface area contributed by atoms with E-state index in [9.17, 15) is 14.4 Å². The van der Waals surface area contributed by atoms with Gasteiger partial charge in [-0.05, 0) is 38.5 Å². The molecule has 0 atom stereocenters. The fraction of sp³-hybridized carbons (Fsp3) is 0.440. The fourth-order valence-electron chi connectivity index (χ4n) is 4.27. The van der Waals surface area contributed by atoms with Crippen LogP contribution < -0.4 is 25.6 Å². The molecule has 10 heteroatoms. The highest BCUT2D eigenvalue weighted by Crippen LogP contribution is 2.30. The van der Waals surface area contributed by atoms with Crippen molar-refractivity contribution in [2.75, 3.05) is 44.3 Å². The number of aromatic nitrogens is 3. The number of nitrogens with one attached hydrogen (secondary N) is 1. The number of carbonyl (C=O) groups excluding carboxylic acids is 1. The summed E-state index contributed by atoms with van der Waals surface area (Å²) in [6, 6.07) is 9.01. The summed E-state index contributed by atoms with van der Waals surface area (Å²) in [6.45, 7) is 7.38. The molecule has 1 N–H and O–H groups in total. The molecular weight excluding hydrogens is 450 g/mol. The second-order valence-electron chi connectivity index (χ2n) is 8.26. The van der Waals surface area contributed by atoms with Gasteiger partial charge in [-0.15, -0.1) is 0 Å². The van der Waals surface area contributed by atoms with Gasteiger partial charge in [0, 0.05) is 51.4 Å². The molecule has 1 saturated heterocycles. The number of amides is 1. The molecular formula is C25H31N5O5. The number of fused-ring (bicyclic) bond motifs is 1. The molecule has 1 fully saturated rings. The van der Waals surface area contributed by atoms with Gasteiger partial charge in [-0.2, -0.15) is 0 Å². The number of ether oxygens (including phenoxy) is 2. The normalized spacial score (nSPS) is 13.8. The average molecular weight is 482 g/mol. The first-order valence-corrected chi connectivity index (χ1v) is 12.0. The lowest BCUT2D eigenvalue weighted by atomic mass is 10.2. The molecule has 3 aromatic rings. The van der Waals surface area contributed by atoms with Crippen LogP contribution in [-0.4, -0.2) is 64.7 Å². The van der Waals surface area contributed by atoms with Crippen LogP contribution in [0.4, 0.5) is 5.82 Å². The van der Waals surface area contributed by atoms with E-state index in [0.29, 0.717) is 55.1 Å². The Balaban J connectivity index is 1.40. The second kappa shape index (κ2) is 11.1. The molecule has 1 aliphatic rings. The Kier molecular flexibility index (Phi) is 7.69. The van der Waals surface area contributed by atoms with Crippen LogP contribution in [-0.2, 0) is 11.3 Å². The first kappa shape index (κ1) is 24.3. The summed E-state index contributed by atoms with van der Waals surface area (Å²) < 4.78 is 12.3. The number of piperazine rings is 1. The van der Waals surface area contributed by atoms with Crippen LogP contribution in [0, 0.1) is 0 Å². The maximum absolute atomic E-state index is 13.1. The zero-order chi connectivity index (χ0) is 24.8. The molecule has 186 valence electrons. The summed E-state index contributed by atoms with van der Waals surface area (Å²) in [4.78, 5) is 49.5. The minimum atomic E-state index is -0.509. The standard InChI is InChI=1S/C25H31N5O5/c1-3-34-20-16-18-19(17-21(20)35-4-2)27-25(33)30(24(18)32)11-7-9-23(31)29-14-12-28(13-15-29)22-8-5-6-10-26-22/h5-6,8,10,16-17H,3-4,7,9,11-15H2,1-2H3,(H,27,33). The van der Waals surface area contributed by atoms with Crippen molar-refractivity contribution in [3.05, 3.63) is 57.4 Å². The Hall–Kier alpha value is -3.82. The molecule has 2 aromatic heterocycles. The molecule has 0 spiro atoms. The van der Waals surface area contributed by atoms with Gasteiger partial charge in [0.2, 0.25) is 5.91 Å². The van der Waals surface area contributed by atoms with E-state index < -0.39 is 11.2 Å². The lowest BCUT2D eigenvalue weighted by Crippen LogP contribution is -2.49. The molecule has 1 aliphatic heterocycles. The molecule has 0 unspecified atom stereocenters. The number of anilines is 1. The predicted octanol–water partition coefficient (Wildman–Crippen LogP) is 2.01. The van der Waals surface area contributed by atoms with Gasteiger partial charge >= 0.3 is 5.69 Å². The highest BCUT2D eigenvalue weighted by atomic mass is 16.5. The van der Waals surface area contributed by atoms with E-state index in [1.807, 2.05) is 36.9 Å². The molecule has 3 heterocycles. The van der Waals surface area contributed by atoms with Crippen molar-refractivity contribution < 1.29 is 14.3 Å². The van der Waals surface area contributed by atoms with E-state index in [2.05, 4.69) is 14.9 Å². The second-order valence-corrected chi connectivity index (χ2v) is 8.26. The van der Waals surface area contributed by atoms with Gasteiger partial charge in [0.15, 0.2) is 11.5 Å². The quantitative estimate of drug-likeness (QED) is 0.498. The van der Waals surface area contributed by atoms with Gasteiger partial charge in [-0.1, -0.05) is 6.07 Å². The summed E-state index contributed by atoms with van der Waals surface area (Å²) in [5.41, 5.74) is -0.528. The number of nitrogens with zero attached hydrogens (tertiary/aromatic N) is 4. The van der Waals surface area contributed by atoms with Crippen LogP contribution in [0.25, 0.3) is 10.9 Å². The van der Waals surface area contributed by atoms with Crippen molar-refractivity contribution in [3.63, 3.8) is 0 Å². The number of H-pyrrole nitrogens is 1. The van der Waals surface area contributed by atoms with E-state index in [1.54, 1.807) is 18.3 Å². The summed E-state index contributed by atoms with van der Waals surface area (Å²) in [5, 5.41) is 0.341. The zero-order valence-electron chi connectivity index (χ0n) is 20.2. The Morgan fingerprint density at radius 2 is 1.74 bits per heavy atom. The lowest BCUT2D eigenvalue weighted by Gasteiger charge is -2.35. The van der Waals surface area contributed by atoms with E-state index in [1.165, 1.54) is 0 Å². The van der Waals surface area contributed by atoms with Crippen LogP contribution in [0.5, 0.6) is 11.5 Å². The van der Waals surface area contributed by atoms with Gasteiger partial charge in [-0.25, -0.2) is 9.78 Å². The van der Waals surface area contributed by atoms with Crippen molar-refractivity contribution in [2.24, 2.45) is 0 Å². The SMILES string of the molecule is CCOc1cc2[nH]c(=O)n(CCCC(=O)N3CCN(c4ccccn4)CC3)c(=O)c2cc1OCC. The van der Waals surface area contributed by atoms with Gasteiger partial charge in [0.25, 0.3) is 5.56 Å². The minimum Gasteiger partial charge on any atom is -0.490 e. The summed E-state index contributed by atoms with van der Waals surface area (Å²) in [7, 11) is 0. The van der Waals surface area contributed by atoms with E-state index >= 15 is 0 Å². The third-order valence-electron chi connectivity index (χ3n) is 6.02. The molecule has 1 aromatic carbocycles. The maximum Gasteiger partial charge on any atom is 0.328 e. The summed E-state index contributed by atoms with van der Waals surface area (Å²) in [5.74, 6) is 1.87. The molecule has 0 bridgehead atoms. The molecule has 10 nitrogen and oxygen atoms in total. The van der Waals surface area contributed by atoms with Crippen molar-refractivity contribution in [2.45, 2.75) is 33.2 Å². The topological polar surface area (TPSA) is 110 Å². The largest absolute Gasteiger partial charge is 0.490 e. The van der Waals surface area contributed by atoms with Gasteiger partial charge in [0.05, 0.1) is 24.1 Å². The monoisotopic (exact) mass is 481 g/mol. The summed E-state index contributed by atoms with van der Waals surface area (Å²) >= 11 is 0. The molecule has 0 aliphatic carbocycles. The lowest BCUT2D eigenvalue weighted by molar-refractivity contribution is -0.131. The Morgan fingerprint density at radius 1 is 1.03 bits per heavy atom. The highest BCUT2D eigenvalue weighted by molar-refractivity contribution is 5.81. The number of aromatic amines is 1. The summed E-state index contributed by atoms with van der Waals surface area (Å²) in [6.07, 6.45) is 2.42. The zero-order valence-corrected chi connectivity index (χ0v) is 20.2. The Labute approximate surface area is 203 Å². The van der Waals surface area contributed by atoms with E-state index in [-0.39, 0.29) is 18.9 Å². The Bertz CT molecular complexity index is 1280. The van der Waals surface area contributed by atoms with Crippen LogP contribution in [0.2, 0.25) is 0 Å². The third kappa shape index (κ3) is 5.47. The number of hydrogen-bond donors (Lipinski definition) is 1. The number of carbonyl (C=O) groups is 1. The van der Waals surface area contributed by atoms with Crippen LogP contribution in [0.15, 0.2) is 46.1 Å². The Morgan fingerprint density at radius 3 is 2.40 bits per heavy atom. The molecule has 35 heavy (non-hydrogen) atoms. The van der Waals surface area contributed by atoms with Gasteiger partial charge in [-0.3, -0.25) is 14.2 Å². The van der Waals surface area contributed by atoms with Crippen molar-refractivity contribution in [1.82, 2.24) is 19.4 Å². The minimum absolute atomic E-state index is 0.0240. The number of rotatable bonds is 9. The average Bonchev–Trinajstić information content (AvgIpc) is 2.87. The van der Waals surface area contributed by atoms with Gasteiger partial charge in [0.1, 0.15) is 5.82 Å². The van der Waals surface area contributed by atoms with Crippen LogP contribution in [0.1, 0.15) is 26.7 Å². The number of hydrogen-bond acceptors (Lipinski definition) is 7. The maximum atomic E-state index is 13.1. The van der Waals surface area contributed by atoms with Crippen molar-refractivity contribution in [3.8, 4) is 11.5 Å². The number of benzene rings is 1. The van der Waals surface area contributed by atoms with Crippen LogP contribution in [0.3, 0.4) is 0 Å². The fourth-order valence-corrected chi connectivity index (χ4v) is 4.27. The third-order valence-corrected chi connectivity index (χ3v) is 6.02. The van der Waals surface area contributed by atoms with Crippen molar-refractivity contribution in [1.29, 1.82) is 0 Å². The first-order valence-electron chi connectivity index (χ1n) is 12.0. The molecule has 4 rings (SSSR count). The predicted molar refractivity (Wildman–Crippen MR) is 133 cm³/mol. The van der Waals surface area contributed by atoms with Gasteiger partial charge < -0.3 is 24.3 Å². The molecule has 1 amide bonds. The highest BCUT2D eigenvalue weighted by Gasteiger charge is 2.21.